The highest BCUT2D eigenvalue weighted by Gasteiger charge is 2.39. The zero-order chi connectivity index (χ0) is 10.7. The van der Waals surface area contributed by atoms with Crippen molar-refractivity contribution in [3.8, 4) is 0 Å². The van der Waals surface area contributed by atoms with Crippen LogP contribution >= 0.6 is 0 Å². The Bertz CT molecular complexity index is 197. The molecule has 2 rings (SSSR count). The van der Waals surface area contributed by atoms with Gasteiger partial charge in [-0.15, -0.1) is 0 Å². The summed E-state index contributed by atoms with van der Waals surface area (Å²) in [4.78, 5) is 0. The summed E-state index contributed by atoms with van der Waals surface area (Å²) in [6, 6.07) is 0.390. The number of rotatable bonds is 2. The third-order valence-corrected chi connectivity index (χ3v) is 4.24. The standard InChI is InChI=1S/C13H25NO/c1-2-3-11-4-7-13(8-5-11)10-12(14)6-9-15-13/h11-12H,2-10,14H2,1H3. The Morgan fingerprint density at radius 3 is 2.60 bits per heavy atom. The molecule has 88 valence electrons. The first-order chi connectivity index (χ1) is 7.24. The van der Waals surface area contributed by atoms with Gasteiger partial charge in [0.25, 0.3) is 0 Å². The molecular formula is C13H25NO. The Morgan fingerprint density at radius 1 is 1.27 bits per heavy atom. The minimum atomic E-state index is 0.182. The van der Waals surface area contributed by atoms with Crippen LogP contribution in [0.25, 0.3) is 0 Å². The van der Waals surface area contributed by atoms with Gasteiger partial charge in [-0.2, -0.15) is 0 Å². The van der Waals surface area contributed by atoms with E-state index in [9.17, 15) is 0 Å². The van der Waals surface area contributed by atoms with E-state index in [2.05, 4.69) is 6.92 Å². The number of ether oxygens (including phenoxy) is 1. The molecule has 0 aromatic rings. The summed E-state index contributed by atoms with van der Waals surface area (Å²) in [7, 11) is 0. The minimum Gasteiger partial charge on any atom is -0.375 e. The summed E-state index contributed by atoms with van der Waals surface area (Å²) < 4.78 is 6.02. The number of hydrogen-bond acceptors (Lipinski definition) is 2. The predicted molar refractivity (Wildman–Crippen MR) is 62.8 cm³/mol. The molecule has 1 saturated carbocycles. The zero-order valence-electron chi connectivity index (χ0n) is 10.0. The van der Waals surface area contributed by atoms with Crippen LogP contribution in [-0.4, -0.2) is 18.2 Å². The molecular weight excluding hydrogens is 186 g/mol. The molecule has 1 spiro atoms. The lowest BCUT2D eigenvalue weighted by Crippen LogP contribution is -2.47. The molecule has 1 aliphatic heterocycles. The normalized spacial score (nSPS) is 42.0. The maximum absolute atomic E-state index is 6.05. The fraction of sp³-hybridized carbons (Fsp3) is 1.00. The van der Waals surface area contributed by atoms with E-state index < -0.39 is 0 Å². The van der Waals surface area contributed by atoms with Crippen molar-refractivity contribution in [3.63, 3.8) is 0 Å². The molecule has 2 heteroatoms. The van der Waals surface area contributed by atoms with Crippen LogP contribution in [0, 0.1) is 5.92 Å². The van der Waals surface area contributed by atoms with Crippen LogP contribution in [0.5, 0.6) is 0 Å². The van der Waals surface area contributed by atoms with Gasteiger partial charge in [0.05, 0.1) is 5.60 Å². The summed E-state index contributed by atoms with van der Waals surface area (Å²) in [6.07, 6.45) is 10.1. The van der Waals surface area contributed by atoms with Crippen molar-refractivity contribution < 1.29 is 4.74 Å². The van der Waals surface area contributed by atoms with E-state index in [4.69, 9.17) is 10.5 Å². The van der Waals surface area contributed by atoms with Crippen molar-refractivity contribution in [3.05, 3.63) is 0 Å². The number of hydrogen-bond donors (Lipinski definition) is 1. The fourth-order valence-electron chi connectivity index (χ4n) is 3.31. The Labute approximate surface area is 93.6 Å². The highest BCUT2D eigenvalue weighted by molar-refractivity contribution is 4.92. The van der Waals surface area contributed by atoms with Crippen molar-refractivity contribution >= 4 is 0 Å². The molecule has 1 heterocycles. The van der Waals surface area contributed by atoms with Crippen LogP contribution < -0.4 is 5.73 Å². The Balaban J connectivity index is 1.85. The SMILES string of the molecule is CCCC1CCC2(CC1)CC(N)CCO2. The van der Waals surface area contributed by atoms with Gasteiger partial charge in [-0.1, -0.05) is 19.8 Å². The molecule has 2 N–H and O–H groups in total. The van der Waals surface area contributed by atoms with Gasteiger partial charge in [0, 0.05) is 12.6 Å². The van der Waals surface area contributed by atoms with Crippen LogP contribution in [0.1, 0.15) is 58.3 Å². The van der Waals surface area contributed by atoms with E-state index in [1.807, 2.05) is 0 Å². The lowest BCUT2D eigenvalue weighted by atomic mass is 9.73. The molecule has 2 fully saturated rings. The molecule has 2 aliphatic rings. The van der Waals surface area contributed by atoms with E-state index in [-0.39, 0.29) is 5.60 Å². The molecule has 15 heavy (non-hydrogen) atoms. The van der Waals surface area contributed by atoms with E-state index in [1.54, 1.807) is 0 Å². The summed E-state index contributed by atoms with van der Waals surface area (Å²) in [5.41, 5.74) is 6.24. The highest BCUT2D eigenvalue weighted by Crippen LogP contribution is 2.41. The van der Waals surface area contributed by atoms with Crippen LogP contribution in [0.2, 0.25) is 0 Å². The van der Waals surface area contributed by atoms with E-state index in [0.29, 0.717) is 6.04 Å². The van der Waals surface area contributed by atoms with Crippen molar-refractivity contribution in [2.75, 3.05) is 6.61 Å². The molecule has 2 nitrogen and oxygen atoms in total. The molecule has 0 amide bonds. The van der Waals surface area contributed by atoms with Crippen molar-refractivity contribution in [1.82, 2.24) is 0 Å². The summed E-state index contributed by atoms with van der Waals surface area (Å²) >= 11 is 0. The Hall–Kier alpha value is -0.0800. The largest absolute Gasteiger partial charge is 0.375 e. The molecule has 1 saturated heterocycles. The first-order valence-electron chi connectivity index (χ1n) is 6.64. The van der Waals surface area contributed by atoms with Crippen molar-refractivity contribution in [2.45, 2.75) is 69.9 Å². The van der Waals surface area contributed by atoms with Gasteiger partial charge >= 0.3 is 0 Å². The summed E-state index contributed by atoms with van der Waals surface area (Å²) in [5, 5.41) is 0. The second-order valence-corrected chi connectivity index (χ2v) is 5.52. The first kappa shape index (κ1) is 11.4. The average Bonchev–Trinajstić information content (AvgIpc) is 2.22. The molecule has 0 bridgehead atoms. The molecule has 0 aromatic heterocycles. The van der Waals surface area contributed by atoms with Gasteiger partial charge in [0.1, 0.15) is 0 Å². The van der Waals surface area contributed by atoms with Gasteiger partial charge in [0.15, 0.2) is 0 Å². The quantitative estimate of drug-likeness (QED) is 0.762. The zero-order valence-corrected chi connectivity index (χ0v) is 10.0. The third kappa shape index (κ3) is 2.73. The highest BCUT2D eigenvalue weighted by atomic mass is 16.5. The molecule has 0 aromatic carbocycles. The van der Waals surface area contributed by atoms with Gasteiger partial charge in [-0.05, 0) is 44.4 Å². The van der Waals surface area contributed by atoms with Crippen LogP contribution in [-0.2, 0) is 4.74 Å². The Morgan fingerprint density at radius 2 is 2.00 bits per heavy atom. The van der Waals surface area contributed by atoms with Gasteiger partial charge < -0.3 is 10.5 Å². The number of nitrogens with two attached hydrogens (primary N) is 1. The summed E-state index contributed by atoms with van der Waals surface area (Å²) in [5.74, 6) is 0.961. The Kier molecular flexibility index (Phi) is 3.68. The van der Waals surface area contributed by atoms with E-state index >= 15 is 0 Å². The topological polar surface area (TPSA) is 35.2 Å². The first-order valence-corrected chi connectivity index (χ1v) is 6.64. The van der Waals surface area contributed by atoms with Crippen LogP contribution in [0.3, 0.4) is 0 Å². The van der Waals surface area contributed by atoms with Gasteiger partial charge in [-0.3, -0.25) is 0 Å². The van der Waals surface area contributed by atoms with Crippen molar-refractivity contribution in [2.24, 2.45) is 11.7 Å². The smallest absolute Gasteiger partial charge is 0.0697 e. The van der Waals surface area contributed by atoms with Crippen LogP contribution in [0.4, 0.5) is 0 Å². The average molecular weight is 211 g/mol. The van der Waals surface area contributed by atoms with Crippen molar-refractivity contribution in [1.29, 1.82) is 0 Å². The molecule has 0 radical (unpaired) electrons. The second kappa shape index (κ2) is 4.84. The molecule has 1 unspecified atom stereocenters. The van der Waals surface area contributed by atoms with E-state index in [0.717, 1.165) is 25.4 Å². The van der Waals surface area contributed by atoms with Gasteiger partial charge in [-0.25, -0.2) is 0 Å². The summed E-state index contributed by atoms with van der Waals surface area (Å²) in [6.45, 7) is 3.18. The minimum absolute atomic E-state index is 0.182. The van der Waals surface area contributed by atoms with Crippen LogP contribution in [0.15, 0.2) is 0 Å². The third-order valence-electron chi connectivity index (χ3n) is 4.24. The predicted octanol–water partition coefficient (Wildman–Crippen LogP) is 2.85. The molecule has 1 aliphatic carbocycles. The monoisotopic (exact) mass is 211 g/mol. The second-order valence-electron chi connectivity index (χ2n) is 5.52. The maximum Gasteiger partial charge on any atom is 0.0697 e. The fourth-order valence-corrected chi connectivity index (χ4v) is 3.31. The lowest BCUT2D eigenvalue weighted by molar-refractivity contribution is -0.112. The van der Waals surface area contributed by atoms with E-state index in [1.165, 1.54) is 38.5 Å². The molecule has 1 atom stereocenters. The van der Waals surface area contributed by atoms with Gasteiger partial charge in [0.2, 0.25) is 0 Å². The lowest BCUT2D eigenvalue weighted by Gasteiger charge is -2.44. The maximum atomic E-state index is 6.05.